The van der Waals surface area contributed by atoms with Crippen LogP contribution in [-0.4, -0.2) is 76.9 Å². The number of anilines is 1. The molecule has 2 saturated heterocycles. The van der Waals surface area contributed by atoms with Gasteiger partial charge in [-0.05, 0) is 98.7 Å². The van der Waals surface area contributed by atoms with Crippen molar-refractivity contribution >= 4 is 41.0 Å². The number of aromatic nitrogens is 2. The van der Waals surface area contributed by atoms with Gasteiger partial charge in [-0.2, -0.15) is 13.5 Å². The van der Waals surface area contributed by atoms with Crippen LogP contribution in [0.1, 0.15) is 67.0 Å². The molecule has 49 heavy (non-hydrogen) atoms. The number of hydrogen-bond donors (Lipinski definition) is 2. The summed E-state index contributed by atoms with van der Waals surface area (Å²) >= 11 is 0. The number of sulfone groups is 1. The number of carbonyl (C=O) groups excluding carboxylic acids is 2. The first-order valence-corrected chi connectivity index (χ1v) is 18.2. The first kappa shape index (κ1) is 36.2. The van der Waals surface area contributed by atoms with E-state index >= 15 is 0 Å². The summed E-state index contributed by atoms with van der Waals surface area (Å²) in [6.45, 7) is 10.1. The highest BCUT2D eigenvalue weighted by molar-refractivity contribution is 7.91. The van der Waals surface area contributed by atoms with E-state index in [1.807, 2.05) is 75.5 Å². The summed E-state index contributed by atoms with van der Waals surface area (Å²) in [6.07, 6.45) is 3.24. The van der Waals surface area contributed by atoms with Gasteiger partial charge in [0.25, 0.3) is 5.91 Å². The maximum Gasteiger partial charge on any atom is 0.410 e. The largest absolute Gasteiger partial charge is 0.444 e. The Bertz CT molecular complexity index is 1890. The average molecular weight is 704 g/mol. The number of carbonyl (C=O) groups is 2. The number of aryl methyl sites for hydroxylation is 1. The van der Waals surface area contributed by atoms with Crippen molar-refractivity contribution < 1.29 is 22.7 Å². The SMILES string of the molecule is Cc1cc(-c2cnc([C@@H]3CCCN3C(=O)OC(C)(C)C)[nH]2)ccc1-c1ccc(C(=O)Nc2ccc(CN3CCS(=O)(=O)CC3)cc2)cc1.S. The molecule has 10 nitrogen and oxygen atoms in total. The van der Waals surface area contributed by atoms with Crippen molar-refractivity contribution in [3.05, 3.63) is 95.4 Å². The number of hydrogen-bond acceptors (Lipinski definition) is 7. The lowest BCUT2D eigenvalue weighted by molar-refractivity contribution is 0.0218. The second-order valence-electron chi connectivity index (χ2n) is 13.7. The number of nitrogens with zero attached hydrogens (tertiary/aromatic N) is 3. The van der Waals surface area contributed by atoms with Crippen molar-refractivity contribution in [2.45, 2.75) is 58.7 Å². The second-order valence-corrected chi connectivity index (χ2v) is 16.0. The molecule has 0 aliphatic carbocycles. The molecular weight excluding hydrogens is 659 g/mol. The van der Waals surface area contributed by atoms with Gasteiger partial charge in [-0.15, -0.1) is 0 Å². The van der Waals surface area contributed by atoms with Gasteiger partial charge in [0.15, 0.2) is 9.84 Å². The van der Waals surface area contributed by atoms with Gasteiger partial charge in [-0.1, -0.05) is 36.4 Å². The average Bonchev–Trinajstić information content (AvgIpc) is 3.73. The Hall–Kier alpha value is -4.13. The molecule has 0 radical (unpaired) electrons. The first-order valence-electron chi connectivity index (χ1n) is 16.4. The molecular formula is C37H45N5O5S2. The lowest BCUT2D eigenvalue weighted by Crippen LogP contribution is -2.39. The fourth-order valence-electron chi connectivity index (χ4n) is 6.26. The number of ether oxygens (including phenoxy) is 1. The number of likely N-dealkylation sites (tertiary alicyclic amines) is 1. The van der Waals surface area contributed by atoms with E-state index < -0.39 is 15.4 Å². The summed E-state index contributed by atoms with van der Waals surface area (Å²) in [5.74, 6) is 0.980. The van der Waals surface area contributed by atoms with E-state index in [1.165, 1.54) is 0 Å². The van der Waals surface area contributed by atoms with E-state index in [0.29, 0.717) is 37.4 Å². The molecule has 1 atom stereocenters. The molecule has 0 spiro atoms. The van der Waals surface area contributed by atoms with Crippen LogP contribution in [0.2, 0.25) is 0 Å². The molecule has 2 amide bonds. The van der Waals surface area contributed by atoms with Crippen LogP contribution in [0.15, 0.2) is 72.9 Å². The molecule has 2 fully saturated rings. The van der Waals surface area contributed by atoms with Gasteiger partial charge in [0, 0.05) is 37.4 Å². The van der Waals surface area contributed by atoms with E-state index in [1.54, 1.807) is 4.90 Å². The molecule has 6 rings (SSSR count). The van der Waals surface area contributed by atoms with E-state index in [2.05, 4.69) is 45.3 Å². The molecule has 260 valence electrons. The zero-order chi connectivity index (χ0) is 34.1. The number of rotatable bonds is 7. The van der Waals surface area contributed by atoms with Crippen LogP contribution in [-0.2, 0) is 21.1 Å². The van der Waals surface area contributed by atoms with Crippen molar-refractivity contribution in [1.82, 2.24) is 19.8 Å². The van der Waals surface area contributed by atoms with Crippen molar-refractivity contribution in [1.29, 1.82) is 0 Å². The van der Waals surface area contributed by atoms with Crippen molar-refractivity contribution in [3.8, 4) is 22.4 Å². The van der Waals surface area contributed by atoms with Gasteiger partial charge in [-0.3, -0.25) is 14.6 Å². The zero-order valence-corrected chi connectivity index (χ0v) is 30.3. The first-order chi connectivity index (χ1) is 22.8. The minimum Gasteiger partial charge on any atom is -0.444 e. The molecule has 2 N–H and O–H groups in total. The van der Waals surface area contributed by atoms with Crippen LogP contribution in [0.5, 0.6) is 0 Å². The van der Waals surface area contributed by atoms with E-state index in [0.717, 1.165) is 52.2 Å². The predicted octanol–water partition coefficient (Wildman–Crippen LogP) is 6.72. The van der Waals surface area contributed by atoms with Gasteiger partial charge >= 0.3 is 6.09 Å². The Balaban J connectivity index is 0.00000468. The molecule has 3 aromatic carbocycles. The summed E-state index contributed by atoms with van der Waals surface area (Å²) < 4.78 is 29.0. The quantitative estimate of drug-likeness (QED) is 0.219. The van der Waals surface area contributed by atoms with Crippen molar-refractivity contribution in [2.75, 3.05) is 36.5 Å². The van der Waals surface area contributed by atoms with Gasteiger partial charge in [0.1, 0.15) is 11.4 Å². The highest BCUT2D eigenvalue weighted by atomic mass is 32.2. The zero-order valence-electron chi connectivity index (χ0n) is 28.5. The molecule has 2 aliphatic heterocycles. The summed E-state index contributed by atoms with van der Waals surface area (Å²) in [6, 6.07) is 21.4. The summed E-state index contributed by atoms with van der Waals surface area (Å²) in [5.41, 5.74) is 6.84. The number of benzene rings is 3. The third kappa shape index (κ3) is 8.92. The van der Waals surface area contributed by atoms with Crippen LogP contribution in [0, 0.1) is 6.92 Å². The van der Waals surface area contributed by atoms with Gasteiger partial charge in [0.05, 0.1) is 29.4 Å². The number of nitrogens with one attached hydrogen (secondary N) is 2. The van der Waals surface area contributed by atoms with Crippen LogP contribution >= 0.6 is 13.5 Å². The Morgan fingerprint density at radius 3 is 2.29 bits per heavy atom. The molecule has 4 aromatic rings. The topological polar surface area (TPSA) is 125 Å². The Labute approximate surface area is 295 Å². The molecule has 1 aromatic heterocycles. The standard InChI is InChI=1S/C37H43N5O5S.H2S/c1-25-22-29(32-23-38-34(40-32)33-6-5-17-42(33)36(44)47-37(2,3)4)13-16-31(25)27-9-11-28(12-10-27)35(43)39-30-14-7-26(8-15-30)24-41-18-20-48(45,46)21-19-41;/h7-16,22-23,33H,5-6,17-21,24H2,1-4H3,(H,38,40)(H,39,43);1H2/t33-;/m0./s1. The molecule has 3 heterocycles. The smallest absolute Gasteiger partial charge is 0.410 e. The second kappa shape index (κ2) is 14.8. The van der Waals surface area contributed by atoms with Crippen LogP contribution in [0.4, 0.5) is 10.5 Å². The molecule has 0 bridgehead atoms. The Kier molecular flexibility index (Phi) is 10.9. The molecule has 12 heteroatoms. The van der Waals surface area contributed by atoms with Gasteiger partial charge < -0.3 is 15.0 Å². The summed E-state index contributed by atoms with van der Waals surface area (Å²) in [7, 11) is -2.90. The van der Waals surface area contributed by atoms with E-state index in [-0.39, 0.29) is 43.0 Å². The maximum absolute atomic E-state index is 13.0. The maximum atomic E-state index is 13.0. The number of aromatic amines is 1. The summed E-state index contributed by atoms with van der Waals surface area (Å²) in [4.78, 5) is 37.8. The predicted molar refractivity (Wildman–Crippen MR) is 198 cm³/mol. The number of amides is 2. The highest BCUT2D eigenvalue weighted by Crippen LogP contribution is 2.34. The van der Waals surface area contributed by atoms with Gasteiger partial charge in [-0.25, -0.2) is 18.2 Å². The number of H-pyrrole nitrogens is 1. The third-order valence-corrected chi connectivity index (χ3v) is 10.5. The fraction of sp³-hybridized carbons (Fsp3) is 0.378. The number of imidazole rings is 1. The van der Waals surface area contributed by atoms with Crippen molar-refractivity contribution in [3.63, 3.8) is 0 Å². The van der Waals surface area contributed by atoms with Crippen LogP contribution in [0.3, 0.4) is 0 Å². The summed E-state index contributed by atoms with van der Waals surface area (Å²) in [5, 5.41) is 2.97. The lowest BCUT2D eigenvalue weighted by Gasteiger charge is -2.27. The third-order valence-electron chi connectivity index (χ3n) is 8.84. The van der Waals surface area contributed by atoms with Crippen molar-refractivity contribution in [2.24, 2.45) is 0 Å². The van der Waals surface area contributed by atoms with E-state index in [4.69, 9.17) is 4.74 Å². The Morgan fingerprint density at radius 2 is 1.63 bits per heavy atom. The molecule has 0 unspecified atom stereocenters. The minimum atomic E-state index is -2.90. The Morgan fingerprint density at radius 1 is 0.959 bits per heavy atom. The lowest BCUT2D eigenvalue weighted by atomic mass is 9.97. The highest BCUT2D eigenvalue weighted by Gasteiger charge is 2.35. The van der Waals surface area contributed by atoms with Crippen LogP contribution < -0.4 is 5.32 Å². The minimum absolute atomic E-state index is 0. The molecule has 0 saturated carbocycles. The fourth-order valence-corrected chi connectivity index (χ4v) is 7.54. The normalized spacial score (nSPS) is 17.7. The molecule has 2 aliphatic rings. The van der Waals surface area contributed by atoms with E-state index in [9.17, 15) is 18.0 Å². The van der Waals surface area contributed by atoms with Crippen LogP contribution in [0.25, 0.3) is 22.4 Å². The monoisotopic (exact) mass is 703 g/mol. The van der Waals surface area contributed by atoms with Gasteiger partial charge in [0.2, 0.25) is 0 Å².